The summed E-state index contributed by atoms with van der Waals surface area (Å²) in [4.78, 5) is 85.0. The second-order valence-electron chi connectivity index (χ2n) is 18.5. The summed E-state index contributed by atoms with van der Waals surface area (Å²) >= 11 is 0. The Kier molecular flexibility index (Phi) is 11.6. The third-order valence-electron chi connectivity index (χ3n) is 14.6. The molecule has 3 aromatic carbocycles. The quantitative estimate of drug-likeness (QED) is 0.178. The summed E-state index contributed by atoms with van der Waals surface area (Å²) in [5.41, 5.74) is 9.39. The monoisotopic (exact) mass is 881 g/mol. The van der Waals surface area contributed by atoms with Gasteiger partial charge in [-0.2, -0.15) is 5.10 Å². The zero-order valence-corrected chi connectivity index (χ0v) is 36.5. The third-order valence-corrected chi connectivity index (χ3v) is 14.6. The maximum Gasteiger partial charge on any atom is 0.319 e. The van der Waals surface area contributed by atoms with E-state index in [1.54, 1.807) is 6.07 Å². The van der Waals surface area contributed by atoms with Crippen LogP contribution in [0.15, 0.2) is 72.8 Å². The molecule has 4 fully saturated rings. The predicted molar refractivity (Wildman–Crippen MR) is 240 cm³/mol. The van der Waals surface area contributed by atoms with E-state index >= 15 is 0 Å². The van der Waals surface area contributed by atoms with Crippen molar-refractivity contribution in [3.63, 3.8) is 0 Å². The first-order valence-corrected chi connectivity index (χ1v) is 23.2. The number of rotatable bonds is 9. The predicted octanol–water partition coefficient (Wildman–Crippen LogP) is 5.62. The number of aromatic nitrogens is 2. The van der Waals surface area contributed by atoms with E-state index < -0.39 is 35.6 Å². The standard InChI is InChI=1S/C49H55N9O7/c50-44(60)42-43(33-6-9-36(10-7-33)65-35-4-2-1-3-5-35)53-58-39(14-21-51-45(42)58)32-19-26-56(27-20-32)49(64)55-24-15-30(16-25-55)29-54-22-17-31(18-23-54)34-8-11-37-38(28-34)48(63)57(47(37)62)40-12-13-41(59)52-46(40)61/h1-11,28,30-32,39-40,51H,12-27,29H2,(H2,50,60)(H,52,59,61)/t39-,40?/m0/s1. The first-order valence-electron chi connectivity index (χ1n) is 23.2. The maximum atomic E-state index is 13.8. The van der Waals surface area contributed by atoms with Crippen molar-refractivity contribution in [2.75, 3.05) is 57.7 Å². The smallest absolute Gasteiger partial charge is 0.319 e. The topological polar surface area (TPSA) is 193 Å². The molecule has 16 nitrogen and oxygen atoms in total. The van der Waals surface area contributed by atoms with Gasteiger partial charge in [0.25, 0.3) is 17.7 Å². The highest BCUT2D eigenvalue weighted by Crippen LogP contribution is 2.41. The fraction of sp³-hybridized carbons (Fsp3) is 0.449. The summed E-state index contributed by atoms with van der Waals surface area (Å²) in [6.07, 6.45) is 6.63. The lowest BCUT2D eigenvalue weighted by molar-refractivity contribution is -0.136. The average Bonchev–Trinajstić information content (AvgIpc) is 3.84. The molecule has 4 saturated heterocycles. The van der Waals surface area contributed by atoms with E-state index in [1.165, 1.54) is 0 Å². The number of nitrogens with zero attached hydrogens (tertiary/aromatic N) is 6. The van der Waals surface area contributed by atoms with Gasteiger partial charge in [0.2, 0.25) is 11.8 Å². The molecule has 0 bridgehead atoms. The number of nitrogens with one attached hydrogen (secondary N) is 2. The van der Waals surface area contributed by atoms with Crippen molar-refractivity contribution in [2.45, 2.75) is 75.8 Å². The van der Waals surface area contributed by atoms with Crippen molar-refractivity contribution < 1.29 is 33.5 Å². The normalized spacial score (nSPS) is 22.4. The Labute approximate surface area is 377 Å². The molecule has 7 amide bonds. The number of amides is 7. The molecule has 7 heterocycles. The van der Waals surface area contributed by atoms with Crippen LogP contribution < -0.4 is 21.1 Å². The summed E-state index contributed by atoms with van der Waals surface area (Å²) in [5.74, 6) is 0.691. The molecule has 338 valence electrons. The Hall–Kier alpha value is -6.55. The summed E-state index contributed by atoms with van der Waals surface area (Å²) in [5, 5.41) is 10.7. The zero-order valence-electron chi connectivity index (χ0n) is 36.5. The van der Waals surface area contributed by atoms with E-state index in [4.69, 9.17) is 15.6 Å². The summed E-state index contributed by atoms with van der Waals surface area (Å²) < 4.78 is 7.95. The molecule has 0 spiro atoms. The number of imide groups is 2. The number of para-hydroxylation sites is 1. The van der Waals surface area contributed by atoms with Crippen LogP contribution in [0, 0.1) is 11.8 Å². The molecule has 4 aromatic rings. The number of carbonyl (C=O) groups excluding carboxylic acids is 6. The van der Waals surface area contributed by atoms with E-state index in [2.05, 4.69) is 15.5 Å². The van der Waals surface area contributed by atoms with E-state index in [0.29, 0.717) is 65.4 Å². The van der Waals surface area contributed by atoms with Crippen molar-refractivity contribution in [3.8, 4) is 22.8 Å². The fourth-order valence-electron chi connectivity index (χ4n) is 11.0. The van der Waals surface area contributed by atoms with Gasteiger partial charge in [-0.25, -0.2) is 9.48 Å². The van der Waals surface area contributed by atoms with Crippen molar-refractivity contribution >= 4 is 41.4 Å². The number of fused-ring (bicyclic) bond motifs is 2. The number of urea groups is 1. The number of benzene rings is 3. The minimum absolute atomic E-state index is 0.0814. The van der Waals surface area contributed by atoms with E-state index in [0.717, 1.165) is 99.4 Å². The largest absolute Gasteiger partial charge is 0.457 e. The van der Waals surface area contributed by atoms with E-state index in [-0.39, 0.29) is 30.8 Å². The molecule has 0 saturated carbocycles. The highest BCUT2D eigenvalue weighted by atomic mass is 16.5. The number of primary amides is 1. The molecule has 1 aromatic heterocycles. The Morgan fingerprint density at radius 2 is 1.42 bits per heavy atom. The van der Waals surface area contributed by atoms with Gasteiger partial charge in [0.15, 0.2) is 0 Å². The van der Waals surface area contributed by atoms with Gasteiger partial charge in [-0.05, 0) is 136 Å². The van der Waals surface area contributed by atoms with Crippen molar-refractivity contribution in [2.24, 2.45) is 17.6 Å². The summed E-state index contributed by atoms with van der Waals surface area (Å²) in [6.45, 7) is 6.45. The van der Waals surface area contributed by atoms with Crippen LogP contribution in [0.25, 0.3) is 11.3 Å². The Morgan fingerprint density at radius 1 is 0.738 bits per heavy atom. The van der Waals surface area contributed by atoms with Crippen LogP contribution in [0.4, 0.5) is 10.6 Å². The highest BCUT2D eigenvalue weighted by molar-refractivity contribution is 6.23. The van der Waals surface area contributed by atoms with Gasteiger partial charge >= 0.3 is 6.03 Å². The number of ether oxygens (including phenoxy) is 1. The second kappa shape index (κ2) is 17.8. The minimum atomic E-state index is -0.971. The molecule has 16 heteroatoms. The van der Waals surface area contributed by atoms with Gasteiger partial charge in [-0.1, -0.05) is 24.3 Å². The first-order chi connectivity index (χ1) is 31.6. The van der Waals surface area contributed by atoms with Gasteiger partial charge in [-0.3, -0.25) is 34.2 Å². The van der Waals surface area contributed by atoms with Crippen LogP contribution in [0.2, 0.25) is 0 Å². The number of hydrogen-bond acceptors (Lipinski definition) is 10. The third kappa shape index (κ3) is 8.35. The van der Waals surface area contributed by atoms with E-state index in [9.17, 15) is 28.8 Å². The Morgan fingerprint density at radius 3 is 2.11 bits per heavy atom. The molecule has 10 rings (SSSR count). The summed E-state index contributed by atoms with van der Waals surface area (Å²) in [6, 6.07) is 21.8. The lowest BCUT2D eigenvalue weighted by atomic mass is 9.86. The van der Waals surface area contributed by atoms with Crippen molar-refractivity contribution in [1.29, 1.82) is 0 Å². The number of piperidine rings is 4. The van der Waals surface area contributed by atoms with Crippen molar-refractivity contribution in [3.05, 3.63) is 95.1 Å². The van der Waals surface area contributed by atoms with Gasteiger partial charge in [0.1, 0.15) is 34.6 Å². The molecule has 6 aliphatic heterocycles. The number of anilines is 1. The van der Waals surface area contributed by atoms with Crippen LogP contribution in [0.3, 0.4) is 0 Å². The maximum absolute atomic E-state index is 13.8. The van der Waals surface area contributed by atoms with Crippen LogP contribution >= 0.6 is 0 Å². The molecular formula is C49H55N9O7. The van der Waals surface area contributed by atoms with Gasteiger partial charge < -0.3 is 30.5 Å². The molecule has 1 unspecified atom stereocenters. The fourth-order valence-corrected chi connectivity index (χ4v) is 11.0. The first kappa shape index (κ1) is 42.4. The van der Waals surface area contributed by atoms with Crippen LogP contribution in [0.1, 0.15) is 106 Å². The Balaban J connectivity index is 0.690. The molecule has 65 heavy (non-hydrogen) atoms. The molecule has 2 atom stereocenters. The minimum Gasteiger partial charge on any atom is -0.457 e. The van der Waals surface area contributed by atoms with E-state index in [1.807, 2.05) is 81.2 Å². The van der Waals surface area contributed by atoms with Crippen LogP contribution in [-0.4, -0.2) is 123 Å². The number of carbonyl (C=O) groups is 6. The molecule has 0 radical (unpaired) electrons. The lowest BCUT2D eigenvalue weighted by Gasteiger charge is -2.42. The van der Waals surface area contributed by atoms with Crippen molar-refractivity contribution in [1.82, 2.24) is 34.7 Å². The lowest BCUT2D eigenvalue weighted by Crippen LogP contribution is -2.54. The van der Waals surface area contributed by atoms with Gasteiger partial charge in [0.05, 0.1) is 17.2 Å². The number of nitrogens with two attached hydrogens (primary N) is 1. The number of hydrogen-bond donors (Lipinski definition) is 3. The van der Waals surface area contributed by atoms with Crippen LogP contribution in [0.5, 0.6) is 11.5 Å². The Bertz CT molecular complexity index is 2500. The second-order valence-corrected chi connectivity index (χ2v) is 18.5. The molecule has 4 N–H and O–H groups in total. The zero-order chi connectivity index (χ0) is 44.8. The number of likely N-dealkylation sites (tertiary alicyclic amines) is 3. The van der Waals surface area contributed by atoms with Gasteiger partial charge in [-0.15, -0.1) is 0 Å². The average molecular weight is 882 g/mol. The highest BCUT2D eigenvalue weighted by Gasteiger charge is 2.45. The van der Waals surface area contributed by atoms with Crippen LogP contribution in [-0.2, 0) is 9.59 Å². The summed E-state index contributed by atoms with van der Waals surface area (Å²) in [7, 11) is 0. The molecule has 0 aliphatic carbocycles. The molecular weight excluding hydrogens is 827 g/mol. The van der Waals surface area contributed by atoms with Gasteiger partial charge in [0, 0.05) is 51.3 Å². The SMILES string of the molecule is NC(=O)c1c(-c2ccc(Oc3ccccc3)cc2)nn2c1NCC[C@H]2C1CCN(C(=O)N2CCC(CN3CCC(c4ccc5c(c4)C(=O)N(C4CCC(=O)NC4=O)C5=O)CC3)CC2)CC1. The molecule has 6 aliphatic rings.